The van der Waals surface area contributed by atoms with E-state index in [-0.39, 0.29) is 11.5 Å². The largest absolute Gasteiger partial charge is 0.396 e. The van der Waals surface area contributed by atoms with E-state index in [1.54, 1.807) is 12.1 Å². The van der Waals surface area contributed by atoms with Crippen LogP contribution in [0.4, 0.5) is 10.1 Å². The Bertz CT molecular complexity index is 685. The second kappa shape index (κ2) is 4.72. The second-order valence-electron chi connectivity index (χ2n) is 4.56. The number of fused-ring (bicyclic) bond motifs is 1. The van der Waals surface area contributed by atoms with E-state index >= 15 is 0 Å². The Balaban J connectivity index is 1.76. The number of halogens is 1. The lowest BCUT2D eigenvalue weighted by molar-refractivity contribution is 0.631. The standard InChI is InChI=1S/C15H14FN3/c16-11-7-5-10(9-12(11)17)6-8-15-18-13-3-1-2-4-14(13)19-15/h1-5,7,9H,6,8,17H2,(H,18,19). The summed E-state index contributed by atoms with van der Waals surface area (Å²) in [6.45, 7) is 0. The number of nitrogens with one attached hydrogen (secondary N) is 1. The van der Waals surface area contributed by atoms with Crippen molar-refractivity contribution in [2.75, 3.05) is 5.73 Å². The molecule has 0 atom stereocenters. The van der Waals surface area contributed by atoms with Crippen molar-refractivity contribution in [3.05, 3.63) is 59.7 Å². The zero-order chi connectivity index (χ0) is 13.2. The highest BCUT2D eigenvalue weighted by molar-refractivity contribution is 5.74. The summed E-state index contributed by atoms with van der Waals surface area (Å²) in [6, 6.07) is 12.8. The van der Waals surface area contributed by atoms with Gasteiger partial charge in [-0.2, -0.15) is 0 Å². The molecule has 0 radical (unpaired) electrons. The predicted molar refractivity (Wildman–Crippen MR) is 74.3 cm³/mol. The summed E-state index contributed by atoms with van der Waals surface area (Å²) in [5.41, 5.74) is 8.77. The fraction of sp³-hybridized carbons (Fsp3) is 0.133. The maximum atomic E-state index is 13.1. The first-order valence-corrected chi connectivity index (χ1v) is 6.20. The molecule has 19 heavy (non-hydrogen) atoms. The first-order valence-electron chi connectivity index (χ1n) is 6.20. The topological polar surface area (TPSA) is 54.7 Å². The van der Waals surface area contributed by atoms with Gasteiger partial charge in [0.05, 0.1) is 16.7 Å². The third-order valence-corrected chi connectivity index (χ3v) is 3.15. The van der Waals surface area contributed by atoms with Gasteiger partial charge >= 0.3 is 0 Å². The minimum Gasteiger partial charge on any atom is -0.396 e. The van der Waals surface area contributed by atoms with Gasteiger partial charge in [-0.25, -0.2) is 9.37 Å². The lowest BCUT2D eigenvalue weighted by atomic mass is 10.1. The van der Waals surface area contributed by atoms with Crippen LogP contribution in [0.3, 0.4) is 0 Å². The Labute approximate surface area is 110 Å². The number of nitrogens with two attached hydrogens (primary N) is 1. The van der Waals surface area contributed by atoms with Crippen molar-refractivity contribution < 1.29 is 4.39 Å². The van der Waals surface area contributed by atoms with Gasteiger partial charge in [0.15, 0.2) is 0 Å². The van der Waals surface area contributed by atoms with Gasteiger partial charge in [-0.1, -0.05) is 18.2 Å². The molecule has 0 bridgehead atoms. The van der Waals surface area contributed by atoms with E-state index in [2.05, 4.69) is 9.97 Å². The van der Waals surface area contributed by atoms with Gasteiger partial charge in [0.1, 0.15) is 11.6 Å². The maximum Gasteiger partial charge on any atom is 0.146 e. The molecule has 3 N–H and O–H groups in total. The molecule has 1 aromatic heterocycles. The van der Waals surface area contributed by atoms with Gasteiger partial charge in [0.25, 0.3) is 0 Å². The average Bonchev–Trinajstić information content (AvgIpc) is 2.83. The molecule has 3 rings (SSSR count). The highest BCUT2D eigenvalue weighted by Gasteiger charge is 2.04. The van der Waals surface area contributed by atoms with Crippen molar-refractivity contribution >= 4 is 16.7 Å². The van der Waals surface area contributed by atoms with Crippen LogP contribution in [0.2, 0.25) is 0 Å². The number of aromatic amines is 1. The summed E-state index contributed by atoms with van der Waals surface area (Å²) >= 11 is 0. The Morgan fingerprint density at radius 1 is 1.11 bits per heavy atom. The maximum absolute atomic E-state index is 13.1. The molecule has 0 fully saturated rings. The van der Waals surface area contributed by atoms with Crippen molar-refractivity contribution in [2.24, 2.45) is 0 Å². The van der Waals surface area contributed by atoms with E-state index in [4.69, 9.17) is 5.73 Å². The Morgan fingerprint density at radius 3 is 2.74 bits per heavy atom. The van der Waals surface area contributed by atoms with Gasteiger partial charge in [-0.15, -0.1) is 0 Å². The lowest BCUT2D eigenvalue weighted by Gasteiger charge is -2.02. The van der Waals surface area contributed by atoms with E-state index in [1.165, 1.54) is 6.07 Å². The molecule has 3 nitrogen and oxygen atoms in total. The van der Waals surface area contributed by atoms with Gasteiger partial charge in [-0.05, 0) is 36.2 Å². The summed E-state index contributed by atoms with van der Waals surface area (Å²) in [4.78, 5) is 7.78. The molecule has 0 unspecified atom stereocenters. The van der Waals surface area contributed by atoms with Crippen molar-refractivity contribution in [3.63, 3.8) is 0 Å². The highest BCUT2D eigenvalue weighted by Crippen LogP contribution is 2.15. The Kier molecular flexibility index (Phi) is 2.91. The quantitative estimate of drug-likeness (QED) is 0.707. The van der Waals surface area contributed by atoms with Gasteiger partial charge in [0, 0.05) is 6.42 Å². The summed E-state index contributed by atoms with van der Waals surface area (Å²) in [7, 11) is 0. The zero-order valence-corrected chi connectivity index (χ0v) is 10.4. The molecular formula is C15H14FN3. The normalized spacial score (nSPS) is 11.0. The number of benzene rings is 2. The number of hydrogen-bond donors (Lipinski definition) is 2. The van der Waals surface area contributed by atoms with Gasteiger partial charge in [0.2, 0.25) is 0 Å². The molecule has 0 saturated carbocycles. The number of para-hydroxylation sites is 2. The number of rotatable bonds is 3. The minimum atomic E-state index is -0.368. The fourth-order valence-corrected chi connectivity index (χ4v) is 2.14. The minimum absolute atomic E-state index is 0.196. The molecule has 2 aromatic carbocycles. The number of anilines is 1. The van der Waals surface area contributed by atoms with Crippen LogP contribution in [0.5, 0.6) is 0 Å². The van der Waals surface area contributed by atoms with Crippen LogP contribution in [0.25, 0.3) is 11.0 Å². The molecule has 96 valence electrons. The molecule has 0 aliphatic carbocycles. The summed E-state index contributed by atoms with van der Waals surface area (Å²) in [5, 5.41) is 0. The van der Waals surface area contributed by atoms with Crippen LogP contribution in [-0.2, 0) is 12.8 Å². The summed E-state index contributed by atoms with van der Waals surface area (Å²) in [6.07, 6.45) is 1.56. The number of nitrogens with zero attached hydrogens (tertiary/aromatic N) is 1. The van der Waals surface area contributed by atoms with Crippen molar-refractivity contribution in [2.45, 2.75) is 12.8 Å². The smallest absolute Gasteiger partial charge is 0.146 e. The molecule has 0 saturated heterocycles. The highest BCUT2D eigenvalue weighted by atomic mass is 19.1. The third-order valence-electron chi connectivity index (χ3n) is 3.15. The first-order chi connectivity index (χ1) is 9.22. The van der Waals surface area contributed by atoms with Crippen molar-refractivity contribution in [1.29, 1.82) is 0 Å². The molecule has 0 aliphatic heterocycles. The van der Waals surface area contributed by atoms with Crippen LogP contribution in [0, 0.1) is 5.82 Å². The second-order valence-corrected chi connectivity index (χ2v) is 4.56. The Hall–Kier alpha value is -2.36. The number of aryl methyl sites for hydroxylation is 2. The molecule has 3 aromatic rings. The zero-order valence-electron chi connectivity index (χ0n) is 10.4. The van der Waals surface area contributed by atoms with Crippen LogP contribution >= 0.6 is 0 Å². The van der Waals surface area contributed by atoms with E-state index < -0.39 is 0 Å². The van der Waals surface area contributed by atoms with Gasteiger partial charge < -0.3 is 10.7 Å². The van der Waals surface area contributed by atoms with Crippen LogP contribution < -0.4 is 5.73 Å². The van der Waals surface area contributed by atoms with Gasteiger partial charge in [-0.3, -0.25) is 0 Å². The van der Waals surface area contributed by atoms with E-state index in [0.29, 0.717) is 0 Å². The molecule has 0 amide bonds. The Morgan fingerprint density at radius 2 is 1.95 bits per heavy atom. The van der Waals surface area contributed by atoms with E-state index in [1.807, 2.05) is 24.3 Å². The molecule has 4 heteroatoms. The van der Waals surface area contributed by atoms with Crippen LogP contribution in [0.15, 0.2) is 42.5 Å². The lowest BCUT2D eigenvalue weighted by Crippen LogP contribution is -1.96. The summed E-state index contributed by atoms with van der Waals surface area (Å²) in [5.74, 6) is 0.566. The van der Waals surface area contributed by atoms with Crippen LogP contribution in [0.1, 0.15) is 11.4 Å². The number of nitrogen functional groups attached to an aromatic ring is 1. The number of imidazole rings is 1. The monoisotopic (exact) mass is 255 g/mol. The average molecular weight is 255 g/mol. The molecular weight excluding hydrogens is 241 g/mol. The third kappa shape index (κ3) is 2.42. The number of aromatic nitrogens is 2. The number of H-pyrrole nitrogens is 1. The van der Waals surface area contributed by atoms with Crippen LogP contribution in [-0.4, -0.2) is 9.97 Å². The molecule has 0 aliphatic rings. The molecule has 0 spiro atoms. The van der Waals surface area contributed by atoms with E-state index in [9.17, 15) is 4.39 Å². The SMILES string of the molecule is Nc1cc(CCc2nc3ccccc3[nH]2)ccc1F. The number of hydrogen-bond acceptors (Lipinski definition) is 2. The van der Waals surface area contributed by atoms with Crippen molar-refractivity contribution in [3.8, 4) is 0 Å². The molecule has 1 heterocycles. The fourth-order valence-electron chi connectivity index (χ4n) is 2.14. The van der Waals surface area contributed by atoms with Crippen molar-refractivity contribution in [1.82, 2.24) is 9.97 Å². The van der Waals surface area contributed by atoms with E-state index in [0.717, 1.165) is 35.3 Å². The first kappa shape index (κ1) is 11.7. The summed E-state index contributed by atoms with van der Waals surface area (Å²) < 4.78 is 13.1. The predicted octanol–water partition coefficient (Wildman–Crippen LogP) is 3.07.